The molecule has 0 saturated carbocycles. The molecule has 1 aliphatic heterocycles. The molecule has 2 aromatic rings. The van der Waals surface area contributed by atoms with E-state index in [1.165, 1.54) is 27.6 Å². The normalized spacial score (nSPS) is 18.8. The highest BCUT2D eigenvalue weighted by atomic mass is 32.2. The van der Waals surface area contributed by atoms with Crippen LogP contribution in [0.4, 0.5) is 4.39 Å². The molecule has 2 aromatic carbocycles. The van der Waals surface area contributed by atoms with Crippen LogP contribution < -0.4 is 5.32 Å². The van der Waals surface area contributed by atoms with Gasteiger partial charge in [-0.2, -0.15) is 4.31 Å². The molecule has 5 nitrogen and oxygen atoms in total. The Morgan fingerprint density at radius 2 is 1.73 bits per heavy atom. The zero-order valence-electron chi connectivity index (χ0n) is 17.9. The van der Waals surface area contributed by atoms with Crippen molar-refractivity contribution < 1.29 is 17.6 Å². The van der Waals surface area contributed by atoms with Gasteiger partial charge in [0.25, 0.3) is 0 Å². The lowest BCUT2D eigenvalue weighted by Crippen LogP contribution is -2.45. The van der Waals surface area contributed by atoms with Crippen LogP contribution in [-0.2, 0) is 14.8 Å². The van der Waals surface area contributed by atoms with E-state index in [0.29, 0.717) is 19.4 Å². The van der Waals surface area contributed by atoms with Crippen molar-refractivity contribution in [2.24, 2.45) is 5.92 Å². The highest BCUT2D eigenvalue weighted by Gasteiger charge is 2.33. The topological polar surface area (TPSA) is 66.5 Å². The van der Waals surface area contributed by atoms with Gasteiger partial charge in [-0.15, -0.1) is 0 Å². The standard InChI is InChI=1S/C23H29FN2O3S/c1-15-12-17(3)22(13-16(15)2)18(4)25-23(27)19-6-5-11-26(14-19)30(28,29)21-9-7-20(24)8-10-21/h7-10,12-13,18-19H,5-6,11,14H2,1-4H3,(H,25,27)/t18-,19-/m1/s1. The van der Waals surface area contributed by atoms with Crippen LogP contribution >= 0.6 is 0 Å². The van der Waals surface area contributed by atoms with Gasteiger partial charge in [0.2, 0.25) is 15.9 Å². The fraction of sp³-hybridized carbons (Fsp3) is 0.435. The van der Waals surface area contributed by atoms with Gasteiger partial charge in [-0.1, -0.05) is 12.1 Å². The van der Waals surface area contributed by atoms with Crippen molar-refractivity contribution in [2.75, 3.05) is 13.1 Å². The van der Waals surface area contributed by atoms with Gasteiger partial charge in [0.05, 0.1) is 16.9 Å². The van der Waals surface area contributed by atoms with E-state index in [-0.39, 0.29) is 23.4 Å². The van der Waals surface area contributed by atoms with E-state index in [1.54, 1.807) is 0 Å². The van der Waals surface area contributed by atoms with Crippen molar-refractivity contribution in [2.45, 2.75) is 51.5 Å². The monoisotopic (exact) mass is 432 g/mol. The van der Waals surface area contributed by atoms with Crippen LogP contribution in [0.2, 0.25) is 0 Å². The van der Waals surface area contributed by atoms with Crippen LogP contribution in [0.15, 0.2) is 41.3 Å². The van der Waals surface area contributed by atoms with Crippen molar-refractivity contribution in [1.29, 1.82) is 0 Å². The number of piperidine rings is 1. The second-order valence-electron chi connectivity index (χ2n) is 8.18. The predicted octanol–water partition coefficient (Wildman–Crippen LogP) is 4.03. The number of aryl methyl sites for hydroxylation is 3. The van der Waals surface area contributed by atoms with Crippen LogP contribution in [0.3, 0.4) is 0 Å². The summed E-state index contributed by atoms with van der Waals surface area (Å²) in [6.07, 6.45) is 1.25. The molecule has 1 aliphatic rings. The van der Waals surface area contributed by atoms with E-state index < -0.39 is 21.8 Å². The first kappa shape index (κ1) is 22.4. The van der Waals surface area contributed by atoms with Crippen molar-refractivity contribution in [1.82, 2.24) is 9.62 Å². The van der Waals surface area contributed by atoms with E-state index in [1.807, 2.05) is 20.8 Å². The van der Waals surface area contributed by atoms with Crippen LogP contribution in [-0.4, -0.2) is 31.7 Å². The van der Waals surface area contributed by atoms with Crippen LogP contribution in [0.5, 0.6) is 0 Å². The first-order valence-electron chi connectivity index (χ1n) is 10.2. The fourth-order valence-corrected chi connectivity index (χ4v) is 5.51. The van der Waals surface area contributed by atoms with Gasteiger partial charge < -0.3 is 5.32 Å². The maximum atomic E-state index is 13.2. The number of carbonyl (C=O) groups is 1. The van der Waals surface area contributed by atoms with Gasteiger partial charge in [0.1, 0.15) is 5.82 Å². The first-order chi connectivity index (χ1) is 14.1. The van der Waals surface area contributed by atoms with Crippen molar-refractivity contribution in [3.05, 3.63) is 64.5 Å². The van der Waals surface area contributed by atoms with Crippen molar-refractivity contribution in [3.63, 3.8) is 0 Å². The minimum absolute atomic E-state index is 0.0454. The molecule has 3 rings (SSSR count). The number of nitrogens with one attached hydrogen (secondary N) is 1. The van der Waals surface area contributed by atoms with Gasteiger partial charge in [-0.3, -0.25) is 4.79 Å². The van der Waals surface area contributed by atoms with Gasteiger partial charge in [-0.25, -0.2) is 12.8 Å². The maximum Gasteiger partial charge on any atom is 0.243 e. The van der Waals surface area contributed by atoms with Crippen LogP contribution in [0, 0.1) is 32.5 Å². The zero-order chi connectivity index (χ0) is 22.1. The van der Waals surface area contributed by atoms with Crippen LogP contribution in [0.1, 0.15) is 48.1 Å². The number of hydrogen-bond donors (Lipinski definition) is 1. The largest absolute Gasteiger partial charge is 0.349 e. The van der Waals surface area contributed by atoms with Gasteiger partial charge in [0, 0.05) is 13.1 Å². The lowest BCUT2D eigenvalue weighted by Gasteiger charge is -2.32. The van der Waals surface area contributed by atoms with E-state index >= 15 is 0 Å². The van der Waals surface area contributed by atoms with Crippen molar-refractivity contribution >= 4 is 15.9 Å². The molecule has 0 aliphatic carbocycles. The maximum absolute atomic E-state index is 13.2. The SMILES string of the molecule is Cc1cc(C)c([C@@H](C)NC(=O)[C@@H]2CCCN(S(=O)(=O)c3ccc(F)cc3)C2)cc1C. The molecule has 2 atom stereocenters. The summed E-state index contributed by atoms with van der Waals surface area (Å²) in [5.74, 6) is -1.04. The Labute approximate surface area is 178 Å². The summed E-state index contributed by atoms with van der Waals surface area (Å²) in [4.78, 5) is 13.0. The molecule has 1 saturated heterocycles. The van der Waals surface area contributed by atoms with Crippen LogP contribution in [0.25, 0.3) is 0 Å². The highest BCUT2D eigenvalue weighted by molar-refractivity contribution is 7.89. The zero-order valence-corrected chi connectivity index (χ0v) is 18.7. The molecule has 0 radical (unpaired) electrons. The number of nitrogens with zero attached hydrogens (tertiary/aromatic N) is 1. The first-order valence-corrected chi connectivity index (χ1v) is 11.7. The molecule has 0 unspecified atom stereocenters. The second-order valence-corrected chi connectivity index (χ2v) is 10.1. The number of sulfonamides is 1. The Hall–Kier alpha value is -2.25. The van der Waals surface area contributed by atoms with Crippen molar-refractivity contribution in [3.8, 4) is 0 Å². The molecule has 7 heteroatoms. The average Bonchev–Trinajstić information content (AvgIpc) is 2.71. The summed E-state index contributed by atoms with van der Waals surface area (Å²) < 4.78 is 40.3. The Morgan fingerprint density at radius 3 is 2.40 bits per heavy atom. The average molecular weight is 433 g/mol. The molecule has 0 bridgehead atoms. The number of hydrogen-bond acceptors (Lipinski definition) is 3. The molecule has 1 heterocycles. The molecule has 1 amide bonds. The predicted molar refractivity (Wildman–Crippen MR) is 115 cm³/mol. The molecule has 0 aromatic heterocycles. The Balaban J connectivity index is 1.71. The summed E-state index contributed by atoms with van der Waals surface area (Å²) in [6, 6.07) is 8.84. The van der Waals surface area contributed by atoms with E-state index in [0.717, 1.165) is 23.3 Å². The number of carbonyl (C=O) groups excluding carboxylic acids is 1. The Morgan fingerprint density at radius 1 is 1.10 bits per heavy atom. The van der Waals surface area contributed by atoms with Gasteiger partial charge in [-0.05, 0) is 87.1 Å². The summed E-state index contributed by atoms with van der Waals surface area (Å²) in [5.41, 5.74) is 4.57. The van der Waals surface area contributed by atoms with Gasteiger partial charge in [0.15, 0.2) is 0 Å². The molecule has 0 spiro atoms. The molecule has 1 N–H and O–H groups in total. The minimum atomic E-state index is -3.76. The second kappa shape index (κ2) is 8.86. The third kappa shape index (κ3) is 4.73. The third-order valence-corrected chi connectivity index (χ3v) is 7.79. The molecular formula is C23H29FN2O3S. The summed E-state index contributed by atoms with van der Waals surface area (Å²) in [7, 11) is -3.76. The van der Waals surface area contributed by atoms with E-state index in [4.69, 9.17) is 0 Å². The summed E-state index contributed by atoms with van der Waals surface area (Å²) in [5, 5.41) is 3.06. The lowest BCUT2D eigenvalue weighted by molar-refractivity contribution is -0.126. The third-order valence-electron chi connectivity index (χ3n) is 5.91. The minimum Gasteiger partial charge on any atom is -0.349 e. The van der Waals surface area contributed by atoms with E-state index in [2.05, 4.69) is 24.4 Å². The van der Waals surface area contributed by atoms with Gasteiger partial charge >= 0.3 is 0 Å². The quantitative estimate of drug-likeness (QED) is 0.776. The highest BCUT2D eigenvalue weighted by Crippen LogP contribution is 2.26. The number of benzene rings is 2. The number of amides is 1. The number of rotatable bonds is 5. The Kier molecular flexibility index (Phi) is 6.62. The lowest BCUT2D eigenvalue weighted by atomic mass is 9.95. The smallest absolute Gasteiger partial charge is 0.243 e. The fourth-order valence-electron chi connectivity index (χ4n) is 3.99. The summed E-state index contributed by atoms with van der Waals surface area (Å²) >= 11 is 0. The Bertz CT molecular complexity index is 1040. The molecule has 1 fully saturated rings. The molecular weight excluding hydrogens is 403 g/mol. The molecule has 30 heavy (non-hydrogen) atoms. The van der Waals surface area contributed by atoms with E-state index in [9.17, 15) is 17.6 Å². The summed E-state index contributed by atoms with van der Waals surface area (Å²) in [6.45, 7) is 8.58. The number of halogens is 1. The molecule has 162 valence electrons.